The van der Waals surface area contributed by atoms with Gasteiger partial charge in [-0.15, -0.1) is 84.1 Å². The van der Waals surface area contributed by atoms with Crippen LogP contribution in [0.2, 0.25) is 19.6 Å². The predicted molar refractivity (Wildman–Crippen MR) is 140 cm³/mol. The molecule has 0 bridgehead atoms. The zero-order chi connectivity index (χ0) is 20.8. The first-order chi connectivity index (χ1) is 13.4. The molecule has 4 aromatic rings. The molecule has 0 heterocycles. The Morgan fingerprint density at radius 1 is 0.800 bits per heavy atom. The van der Waals surface area contributed by atoms with E-state index >= 15 is 0 Å². The summed E-state index contributed by atoms with van der Waals surface area (Å²) >= 11 is 1.51. The Hall–Kier alpha value is -0.830. The molecular formula is C25H33Cl2OSiZr-3. The zero-order valence-electron chi connectivity index (χ0n) is 18.5. The van der Waals surface area contributed by atoms with Crippen molar-refractivity contribution in [2.45, 2.75) is 33.5 Å². The standard InChI is InChI=1S/2C9H7.C5H13OSi.C2H4.2ClH.Zr/c2*1-2-5-9-7-3-6-8(9)4-1;1-5-6-7(2,3)4;1-2;;;/h2*1-7H;5H,1-4H3;1H,2H3;2*1H;/q3*-1;;;;. The summed E-state index contributed by atoms with van der Waals surface area (Å²) in [5.74, 6) is 0. The molecule has 5 heteroatoms. The van der Waals surface area contributed by atoms with Crippen molar-refractivity contribution >= 4 is 58.4 Å². The molecule has 0 unspecified atom stereocenters. The Labute approximate surface area is 210 Å². The topological polar surface area (TPSA) is 9.23 Å². The largest absolute Gasteiger partial charge is 0.168 e. The van der Waals surface area contributed by atoms with Gasteiger partial charge in [0.2, 0.25) is 0 Å². The second-order valence-corrected chi connectivity index (χ2v) is 12.9. The molecule has 0 amide bonds. The van der Waals surface area contributed by atoms with Gasteiger partial charge in [-0.2, -0.15) is 42.0 Å². The number of benzene rings is 2. The van der Waals surface area contributed by atoms with Gasteiger partial charge in [0, 0.05) is 0 Å². The van der Waals surface area contributed by atoms with Crippen molar-refractivity contribution in [1.29, 1.82) is 0 Å². The van der Waals surface area contributed by atoms with Gasteiger partial charge in [0.05, 0.1) is 0 Å². The molecule has 0 saturated carbocycles. The molecular weight excluding hydrogens is 506 g/mol. The van der Waals surface area contributed by atoms with Gasteiger partial charge in [-0.3, -0.25) is 0 Å². The smallest absolute Gasteiger partial charge is 0.0809 e. The van der Waals surface area contributed by atoms with Crippen LogP contribution in [-0.2, 0) is 28.7 Å². The van der Waals surface area contributed by atoms with Crippen LogP contribution < -0.4 is 0 Å². The van der Waals surface area contributed by atoms with Gasteiger partial charge in [-0.25, -0.2) is 6.61 Å². The Morgan fingerprint density at radius 3 is 1.43 bits per heavy atom. The quantitative estimate of drug-likeness (QED) is 0.184. The van der Waals surface area contributed by atoms with Crippen molar-refractivity contribution in [2.75, 3.05) is 0 Å². The van der Waals surface area contributed by atoms with E-state index < -0.39 is 8.32 Å². The van der Waals surface area contributed by atoms with Crippen LogP contribution in [0.25, 0.3) is 21.5 Å². The van der Waals surface area contributed by atoms with Crippen LogP contribution in [-0.4, -0.2) is 12.0 Å². The first-order valence-electron chi connectivity index (χ1n) is 9.53. The van der Waals surface area contributed by atoms with Crippen LogP contribution in [0.1, 0.15) is 13.8 Å². The van der Waals surface area contributed by atoms with Crippen LogP contribution in [0.3, 0.4) is 0 Å². The first-order valence-corrected chi connectivity index (χ1v) is 14.4. The van der Waals surface area contributed by atoms with Crippen LogP contribution in [0.4, 0.5) is 0 Å². The van der Waals surface area contributed by atoms with E-state index in [1.54, 1.807) is 6.61 Å². The third kappa shape index (κ3) is 13.5. The summed E-state index contributed by atoms with van der Waals surface area (Å²) in [5.41, 5.74) is 0. The molecule has 4 aromatic carbocycles. The van der Waals surface area contributed by atoms with Gasteiger partial charge in [-0.1, -0.05) is 12.1 Å². The Morgan fingerprint density at radius 2 is 1.17 bits per heavy atom. The van der Waals surface area contributed by atoms with Crippen molar-refractivity contribution < 1.29 is 28.7 Å². The maximum absolute atomic E-state index is 5.24. The van der Waals surface area contributed by atoms with E-state index in [0.717, 1.165) is 0 Å². The van der Waals surface area contributed by atoms with Gasteiger partial charge in [0.25, 0.3) is 0 Å². The van der Waals surface area contributed by atoms with E-state index in [4.69, 9.17) is 4.43 Å². The maximum Gasteiger partial charge on any atom is -0.0809 e. The minimum Gasteiger partial charge on any atom is -0.168 e. The third-order valence-electron chi connectivity index (χ3n) is 3.57. The van der Waals surface area contributed by atoms with E-state index in [2.05, 4.69) is 108 Å². The summed E-state index contributed by atoms with van der Waals surface area (Å²) in [6.45, 7) is 12.2. The number of hydrogen-bond donors (Lipinski definition) is 0. The zero-order valence-corrected chi connectivity index (χ0v) is 23.6. The summed E-state index contributed by atoms with van der Waals surface area (Å²) in [5, 5.41) is 5.32. The summed E-state index contributed by atoms with van der Waals surface area (Å²) in [4.78, 5) is 0. The van der Waals surface area contributed by atoms with E-state index in [0.29, 0.717) is 0 Å². The molecule has 0 N–H and O–H groups in total. The summed E-state index contributed by atoms with van der Waals surface area (Å²) in [7, 11) is -1.21. The number of fused-ring (bicyclic) bond motifs is 2. The second kappa shape index (κ2) is 17.8. The molecule has 30 heavy (non-hydrogen) atoms. The average Bonchev–Trinajstić information content (AvgIpc) is 3.31. The molecule has 0 radical (unpaired) electrons. The van der Waals surface area contributed by atoms with Gasteiger partial charge in [0.1, 0.15) is 8.32 Å². The predicted octanol–water partition coefficient (Wildman–Crippen LogP) is 8.34. The van der Waals surface area contributed by atoms with Gasteiger partial charge >= 0.3 is 34.9 Å². The van der Waals surface area contributed by atoms with Crippen LogP contribution in [0, 0.1) is 6.61 Å². The maximum atomic E-state index is 5.24. The van der Waals surface area contributed by atoms with Crippen LogP contribution >= 0.6 is 24.8 Å². The molecule has 1 nitrogen and oxygen atoms in total. The molecule has 164 valence electrons. The summed E-state index contributed by atoms with van der Waals surface area (Å²) < 4.78 is 7.33. The normalized spacial score (nSPS) is 9.33. The minimum absolute atomic E-state index is 0. The van der Waals surface area contributed by atoms with Crippen molar-refractivity contribution in [3.8, 4) is 0 Å². The fraction of sp³-hybridized carbons (Fsp3) is 0.200. The number of halogens is 2. The SMILES string of the molecule is C[CH-]O[Si](C)(C)C.C[CH]=[Zr].Cl.Cl.c1ccc2[cH-]ccc2c1.c1ccc2[cH-]ccc2c1. The molecule has 0 aliphatic carbocycles. The summed E-state index contributed by atoms with van der Waals surface area (Å²) in [6.07, 6.45) is 0. The fourth-order valence-electron chi connectivity index (χ4n) is 2.49. The second-order valence-electron chi connectivity index (χ2n) is 7.06. The third-order valence-corrected chi connectivity index (χ3v) is 4.51. The van der Waals surface area contributed by atoms with E-state index in [1.807, 2.05) is 13.8 Å². The van der Waals surface area contributed by atoms with E-state index in [9.17, 15) is 0 Å². The number of rotatable bonds is 2. The molecule has 0 aliphatic rings. The molecule has 0 aromatic heterocycles. The molecule has 4 rings (SSSR count). The summed E-state index contributed by atoms with van der Waals surface area (Å²) in [6, 6.07) is 29.3. The van der Waals surface area contributed by atoms with Crippen LogP contribution in [0.15, 0.2) is 84.9 Å². The van der Waals surface area contributed by atoms with Gasteiger partial charge < -0.3 is 4.43 Å². The fourth-order valence-corrected chi connectivity index (χ4v) is 3.20. The molecule has 0 aliphatic heterocycles. The van der Waals surface area contributed by atoms with Gasteiger partial charge in [0.15, 0.2) is 0 Å². The number of hydrogen-bond acceptors (Lipinski definition) is 1. The monoisotopic (exact) mass is 537 g/mol. The van der Waals surface area contributed by atoms with Crippen molar-refractivity contribution in [2.24, 2.45) is 0 Å². The first kappa shape index (κ1) is 31.4. The molecule has 0 atom stereocenters. The molecule has 0 saturated heterocycles. The Kier molecular flexibility index (Phi) is 18.6. The van der Waals surface area contributed by atoms with Gasteiger partial charge in [-0.05, 0) is 19.6 Å². The minimum atomic E-state index is -1.21. The van der Waals surface area contributed by atoms with Crippen LogP contribution in [0.5, 0.6) is 0 Å². The van der Waals surface area contributed by atoms with E-state index in [-0.39, 0.29) is 24.8 Å². The van der Waals surface area contributed by atoms with Crippen molar-refractivity contribution in [3.63, 3.8) is 0 Å². The Bertz CT molecular complexity index is 799. The van der Waals surface area contributed by atoms with Crippen molar-refractivity contribution in [3.05, 3.63) is 91.5 Å². The van der Waals surface area contributed by atoms with Crippen molar-refractivity contribution in [1.82, 2.24) is 0 Å². The molecule has 0 spiro atoms. The average molecular weight is 540 g/mol. The molecule has 0 fully saturated rings. The Balaban J connectivity index is 0. The van der Waals surface area contributed by atoms with E-state index in [1.165, 1.54) is 45.8 Å².